The van der Waals surface area contributed by atoms with E-state index in [1.54, 1.807) is 18.5 Å². The van der Waals surface area contributed by atoms with Gasteiger partial charge in [0.05, 0.1) is 38.2 Å². The van der Waals surface area contributed by atoms with Crippen LogP contribution >= 0.6 is 0 Å². The van der Waals surface area contributed by atoms with Gasteiger partial charge in [-0.1, -0.05) is 0 Å². The number of pyridine rings is 3. The average molecular weight is 478 g/mol. The van der Waals surface area contributed by atoms with Gasteiger partial charge in [-0.25, -0.2) is 14.4 Å². The van der Waals surface area contributed by atoms with Crippen LogP contribution in [0.1, 0.15) is 12.6 Å². The standard InChI is InChI=1S/C25H28FN7O2/c1-16-15-35-13-10-33(16)21-14-19(18-4-6-29-24(23(18)31-21)20(28)2-5-27)17-3-7-30-25(22(17)26)32-8-11-34-12-9-32/h2-7,14,16,27H,8-13,15,28H2,1H3/b20-2-,27-5?/t16-/m1/s1. The SMILES string of the molecule is C[C@@H]1COCCN1c1cc(-c2ccnc(N3CCOCC3)c2F)c2ccnc(/C(N)=C/C=N)c2n1. The summed E-state index contributed by atoms with van der Waals surface area (Å²) in [6.07, 6.45) is 5.85. The largest absolute Gasteiger partial charge is 0.397 e. The Morgan fingerprint density at radius 2 is 1.89 bits per heavy atom. The van der Waals surface area contributed by atoms with Gasteiger partial charge in [0.1, 0.15) is 17.0 Å². The summed E-state index contributed by atoms with van der Waals surface area (Å²) in [6, 6.07) is 5.53. The zero-order valence-corrected chi connectivity index (χ0v) is 19.6. The van der Waals surface area contributed by atoms with Crippen molar-refractivity contribution in [3.05, 3.63) is 48.2 Å². The topological polar surface area (TPSA) is 113 Å². The number of aromatic nitrogens is 3. The van der Waals surface area contributed by atoms with Crippen LogP contribution in [0.25, 0.3) is 27.7 Å². The molecule has 3 aromatic rings. The first kappa shape index (κ1) is 23.1. The van der Waals surface area contributed by atoms with Gasteiger partial charge in [0.25, 0.3) is 0 Å². The summed E-state index contributed by atoms with van der Waals surface area (Å²) in [6.45, 7) is 6.14. The van der Waals surface area contributed by atoms with Gasteiger partial charge in [-0.2, -0.15) is 0 Å². The number of nitrogens with two attached hydrogens (primary N) is 1. The van der Waals surface area contributed by atoms with E-state index in [9.17, 15) is 0 Å². The van der Waals surface area contributed by atoms with Crippen molar-refractivity contribution in [2.24, 2.45) is 5.73 Å². The molecule has 2 saturated heterocycles. The molecule has 5 heterocycles. The van der Waals surface area contributed by atoms with E-state index >= 15 is 4.39 Å². The zero-order valence-electron chi connectivity index (χ0n) is 19.6. The van der Waals surface area contributed by atoms with Crippen molar-refractivity contribution in [2.45, 2.75) is 13.0 Å². The predicted octanol–water partition coefficient (Wildman–Crippen LogP) is 2.84. The van der Waals surface area contributed by atoms with Crippen molar-refractivity contribution in [2.75, 3.05) is 55.9 Å². The molecule has 2 fully saturated rings. The summed E-state index contributed by atoms with van der Waals surface area (Å²) in [5, 5.41) is 8.14. The monoisotopic (exact) mass is 477 g/mol. The van der Waals surface area contributed by atoms with Crippen molar-refractivity contribution < 1.29 is 13.9 Å². The minimum atomic E-state index is -0.385. The van der Waals surface area contributed by atoms with Gasteiger partial charge in [0, 0.05) is 49.2 Å². The molecule has 182 valence electrons. The molecular formula is C25H28FN7O2. The molecule has 0 bridgehead atoms. The Morgan fingerprint density at radius 3 is 2.66 bits per heavy atom. The van der Waals surface area contributed by atoms with Gasteiger partial charge < -0.3 is 30.4 Å². The Morgan fingerprint density at radius 1 is 1.11 bits per heavy atom. The fourth-order valence-corrected chi connectivity index (χ4v) is 4.59. The number of nitrogens with zero attached hydrogens (tertiary/aromatic N) is 5. The molecule has 0 saturated carbocycles. The second-order valence-corrected chi connectivity index (χ2v) is 8.59. The van der Waals surface area contributed by atoms with Crippen molar-refractivity contribution >= 4 is 34.5 Å². The Balaban J connectivity index is 1.74. The summed E-state index contributed by atoms with van der Waals surface area (Å²) in [7, 11) is 0. The van der Waals surface area contributed by atoms with Crippen LogP contribution in [0.4, 0.5) is 16.0 Å². The van der Waals surface area contributed by atoms with Crippen LogP contribution in [-0.4, -0.2) is 73.3 Å². The molecule has 3 aromatic heterocycles. The highest BCUT2D eigenvalue weighted by molar-refractivity contribution is 6.01. The molecule has 1 atom stereocenters. The Labute approximate surface area is 202 Å². The van der Waals surface area contributed by atoms with Crippen molar-refractivity contribution in [3.8, 4) is 11.1 Å². The number of anilines is 2. The van der Waals surface area contributed by atoms with Crippen LogP contribution < -0.4 is 15.5 Å². The average Bonchev–Trinajstić information content (AvgIpc) is 2.89. The maximum absolute atomic E-state index is 16.0. The lowest BCUT2D eigenvalue weighted by Crippen LogP contribution is -2.44. The van der Waals surface area contributed by atoms with Crippen LogP contribution in [0.5, 0.6) is 0 Å². The highest BCUT2D eigenvalue weighted by Gasteiger charge is 2.25. The maximum atomic E-state index is 16.0. The minimum absolute atomic E-state index is 0.0994. The van der Waals surface area contributed by atoms with Crippen LogP contribution in [0.3, 0.4) is 0 Å². The summed E-state index contributed by atoms with van der Waals surface area (Å²) in [5.74, 6) is 0.628. The first-order valence-electron chi connectivity index (χ1n) is 11.7. The fourth-order valence-electron chi connectivity index (χ4n) is 4.59. The molecule has 0 aliphatic carbocycles. The van der Waals surface area contributed by atoms with Crippen LogP contribution in [0.15, 0.2) is 36.7 Å². The van der Waals surface area contributed by atoms with E-state index in [1.165, 1.54) is 6.08 Å². The fraction of sp³-hybridized carbons (Fsp3) is 0.360. The number of ether oxygens (including phenoxy) is 2. The lowest BCUT2D eigenvalue weighted by Gasteiger charge is -2.34. The van der Waals surface area contributed by atoms with E-state index in [-0.39, 0.29) is 11.9 Å². The summed E-state index contributed by atoms with van der Waals surface area (Å²) < 4.78 is 27.1. The second kappa shape index (κ2) is 9.93. The number of hydrogen-bond donors (Lipinski definition) is 2. The first-order valence-corrected chi connectivity index (χ1v) is 11.7. The van der Waals surface area contributed by atoms with Gasteiger partial charge in [-0.05, 0) is 36.8 Å². The van der Waals surface area contributed by atoms with Crippen LogP contribution in [-0.2, 0) is 9.47 Å². The third-order valence-electron chi connectivity index (χ3n) is 6.38. The third kappa shape index (κ3) is 4.42. The number of hydrogen-bond acceptors (Lipinski definition) is 9. The predicted molar refractivity (Wildman–Crippen MR) is 134 cm³/mol. The molecule has 0 amide bonds. The quantitative estimate of drug-likeness (QED) is 0.540. The van der Waals surface area contributed by atoms with Gasteiger partial charge in [0.15, 0.2) is 11.6 Å². The van der Waals surface area contributed by atoms with E-state index in [4.69, 9.17) is 25.6 Å². The van der Waals surface area contributed by atoms with E-state index in [0.29, 0.717) is 85.7 Å². The smallest absolute Gasteiger partial charge is 0.173 e. The molecule has 9 nitrogen and oxygen atoms in total. The number of fused-ring (bicyclic) bond motifs is 1. The van der Waals surface area contributed by atoms with Crippen molar-refractivity contribution in [1.29, 1.82) is 5.41 Å². The molecule has 0 radical (unpaired) electrons. The Kier molecular flexibility index (Phi) is 6.56. The van der Waals surface area contributed by atoms with Crippen LogP contribution in [0, 0.1) is 11.2 Å². The molecule has 2 aliphatic rings. The van der Waals surface area contributed by atoms with Gasteiger partial charge in [0.2, 0.25) is 0 Å². The molecule has 0 unspecified atom stereocenters. The minimum Gasteiger partial charge on any atom is -0.397 e. The molecule has 2 aliphatic heterocycles. The molecule has 0 aromatic carbocycles. The lowest BCUT2D eigenvalue weighted by atomic mass is 10.00. The third-order valence-corrected chi connectivity index (χ3v) is 6.38. The van der Waals surface area contributed by atoms with Gasteiger partial charge in [-0.3, -0.25) is 4.98 Å². The zero-order chi connectivity index (χ0) is 24.4. The number of allylic oxidation sites excluding steroid dienone is 1. The Hall–Kier alpha value is -3.63. The normalized spacial score (nSPS) is 19.3. The molecule has 5 rings (SSSR count). The molecular weight excluding hydrogens is 449 g/mol. The molecule has 10 heteroatoms. The molecule has 3 N–H and O–H groups in total. The van der Waals surface area contributed by atoms with E-state index in [2.05, 4.69) is 21.8 Å². The van der Waals surface area contributed by atoms with Crippen LogP contribution in [0.2, 0.25) is 0 Å². The number of halogens is 1. The van der Waals surface area contributed by atoms with Gasteiger partial charge in [-0.15, -0.1) is 0 Å². The first-order chi connectivity index (χ1) is 17.1. The van der Waals surface area contributed by atoms with E-state index < -0.39 is 0 Å². The summed E-state index contributed by atoms with van der Waals surface area (Å²) >= 11 is 0. The van der Waals surface area contributed by atoms with Crippen molar-refractivity contribution in [3.63, 3.8) is 0 Å². The number of rotatable bonds is 5. The van der Waals surface area contributed by atoms with E-state index in [1.807, 2.05) is 17.0 Å². The lowest BCUT2D eigenvalue weighted by molar-refractivity contribution is 0.0986. The molecule has 0 spiro atoms. The van der Waals surface area contributed by atoms with Crippen molar-refractivity contribution in [1.82, 2.24) is 15.0 Å². The number of nitrogens with one attached hydrogen (secondary N) is 1. The maximum Gasteiger partial charge on any atom is 0.173 e. The summed E-state index contributed by atoms with van der Waals surface area (Å²) in [4.78, 5) is 17.8. The number of morpholine rings is 2. The highest BCUT2D eigenvalue weighted by atomic mass is 19.1. The molecule has 35 heavy (non-hydrogen) atoms. The Bertz CT molecular complexity index is 1280. The van der Waals surface area contributed by atoms with E-state index in [0.717, 1.165) is 11.6 Å². The summed E-state index contributed by atoms with van der Waals surface area (Å²) in [5.41, 5.74) is 8.69. The van der Waals surface area contributed by atoms with Gasteiger partial charge >= 0.3 is 0 Å². The highest BCUT2D eigenvalue weighted by Crippen LogP contribution is 2.37. The second-order valence-electron chi connectivity index (χ2n) is 8.59.